The van der Waals surface area contributed by atoms with Crippen LogP contribution in [0.4, 0.5) is 0 Å². The lowest BCUT2D eigenvalue weighted by molar-refractivity contribution is -0.122. The molecule has 0 saturated carbocycles. The van der Waals surface area contributed by atoms with Crippen LogP contribution in [-0.4, -0.2) is 19.0 Å². The average Bonchev–Trinajstić information content (AvgIpc) is 2.01. The van der Waals surface area contributed by atoms with E-state index >= 15 is 0 Å². The molecule has 2 heteroatoms. The molecular weight excluding hydrogens is 140 g/mol. The van der Waals surface area contributed by atoms with E-state index in [2.05, 4.69) is 11.8 Å². The molecule has 2 nitrogen and oxygen atoms in total. The fourth-order valence-corrected chi connectivity index (χ4v) is 0.568. The number of carbonyl (C=O) groups excluding carboxylic acids is 1. The van der Waals surface area contributed by atoms with Crippen LogP contribution in [0, 0.1) is 11.8 Å². The summed E-state index contributed by atoms with van der Waals surface area (Å²) in [4.78, 5) is 10.8. The monoisotopic (exact) mass is 154 g/mol. The third-order valence-electron chi connectivity index (χ3n) is 1.07. The molecule has 0 saturated heterocycles. The topological polar surface area (TPSA) is 26.3 Å². The maximum atomic E-state index is 10.8. The van der Waals surface area contributed by atoms with Crippen molar-refractivity contribution in [1.82, 2.24) is 0 Å². The summed E-state index contributed by atoms with van der Waals surface area (Å²) < 4.78 is 5.02. The summed E-state index contributed by atoms with van der Waals surface area (Å²) in [5.41, 5.74) is 0. The van der Waals surface area contributed by atoms with E-state index in [-0.39, 0.29) is 12.4 Å². The Morgan fingerprint density at radius 2 is 2.27 bits per heavy atom. The van der Waals surface area contributed by atoms with Crippen molar-refractivity contribution in [2.45, 2.75) is 26.7 Å². The molecule has 0 rings (SSSR count). The molecule has 0 fully saturated rings. The summed E-state index contributed by atoms with van der Waals surface area (Å²) in [5, 5.41) is 0. The molecule has 0 bridgehead atoms. The second kappa shape index (κ2) is 7.30. The Morgan fingerprint density at radius 3 is 2.82 bits per heavy atom. The highest BCUT2D eigenvalue weighted by Gasteiger charge is 1.97. The van der Waals surface area contributed by atoms with Gasteiger partial charge in [-0.1, -0.05) is 12.8 Å². The van der Waals surface area contributed by atoms with Gasteiger partial charge in [0.05, 0.1) is 6.42 Å². The fraction of sp³-hybridized carbons (Fsp3) is 0.667. The summed E-state index contributed by atoms with van der Waals surface area (Å²) in [7, 11) is 0. The predicted octanol–water partition coefficient (Wildman–Crippen LogP) is 1.40. The summed E-state index contributed by atoms with van der Waals surface area (Å²) in [6.45, 7) is 4.60. The number of hydrogen-bond acceptors (Lipinski definition) is 2. The average molecular weight is 154 g/mol. The van der Waals surface area contributed by atoms with E-state index in [4.69, 9.17) is 4.74 Å². The molecular formula is C9H14O2. The Morgan fingerprint density at radius 1 is 1.55 bits per heavy atom. The zero-order valence-electron chi connectivity index (χ0n) is 7.14. The lowest BCUT2D eigenvalue weighted by atomic mass is 10.3. The zero-order chi connectivity index (χ0) is 8.53. The number of rotatable bonds is 5. The summed E-state index contributed by atoms with van der Waals surface area (Å²) in [6.07, 6.45) is 1.27. The van der Waals surface area contributed by atoms with Gasteiger partial charge in [-0.25, -0.2) is 0 Å². The smallest absolute Gasteiger partial charge is 0.170 e. The van der Waals surface area contributed by atoms with Crippen molar-refractivity contribution in [1.29, 1.82) is 0 Å². The second-order valence-corrected chi connectivity index (χ2v) is 2.19. The van der Waals surface area contributed by atoms with E-state index in [9.17, 15) is 4.79 Å². The normalized spacial score (nSPS) is 8.55. The van der Waals surface area contributed by atoms with Gasteiger partial charge in [0.25, 0.3) is 0 Å². The zero-order valence-corrected chi connectivity index (χ0v) is 7.14. The molecule has 0 heterocycles. The van der Waals surface area contributed by atoms with Gasteiger partial charge in [-0.3, -0.25) is 4.79 Å². The number of Topliss-reactive ketones (excluding diaryl/α,β-unsaturated/α-hetero) is 1. The highest BCUT2D eigenvalue weighted by Crippen LogP contribution is 1.85. The first kappa shape index (κ1) is 10.2. The number of ether oxygens (including phenoxy) is 1. The van der Waals surface area contributed by atoms with E-state index < -0.39 is 0 Å². The van der Waals surface area contributed by atoms with Crippen LogP contribution in [0.1, 0.15) is 26.7 Å². The molecule has 0 atom stereocenters. The van der Waals surface area contributed by atoms with Gasteiger partial charge in [-0.2, -0.15) is 0 Å². The lowest BCUT2D eigenvalue weighted by Crippen LogP contribution is -2.07. The van der Waals surface area contributed by atoms with E-state index in [1.165, 1.54) is 0 Å². The molecule has 0 aliphatic heterocycles. The van der Waals surface area contributed by atoms with Crippen LogP contribution in [0.5, 0.6) is 0 Å². The van der Waals surface area contributed by atoms with E-state index in [0.717, 1.165) is 6.42 Å². The standard InChI is InChI=1S/C9H14O2/c1-3-5-6-9(10)8-11-7-4-2/h4,6-8H2,1-2H3. The van der Waals surface area contributed by atoms with Gasteiger partial charge in [0, 0.05) is 6.61 Å². The molecule has 0 aromatic rings. The third-order valence-corrected chi connectivity index (χ3v) is 1.07. The molecule has 0 radical (unpaired) electrons. The van der Waals surface area contributed by atoms with Crippen LogP contribution in [-0.2, 0) is 9.53 Å². The first-order chi connectivity index (χ1) is 5.31. The predicted molar refractivity (Wildman–Crippen MR) is 44.2 cm³/mol. The second-order valence-electron chi connectivity index (χ2n) is 2.19. The quantitative estimate of drug-likeness (QED) is 0.442. The fourth-order valence-electron chi connectivity index (χ4n) is 0.568. The van der Waals surface area contributed by atoms with Crippen LogP contribution in [0.3, 0.4) is 0 Å². The van der Waals surface area contributed by atoms with Crippen molar-refractivity contribution < 1.29 is 9.53 Å². The van der Waals surface area contributed by atoms with E-state index in [1.807, 2.05) is 6.92 Å². The van der Waals surface area contributed by atoms with Gasteiger partial charge in [-0.05, 0) is 13.3 Å². The molecule has 0 unspecified atom stereocenters. The summed E-state index contributed by atoms with van der Waals surface area (Å²) >= 11 is 0. The van der Waals surface area contributed by atoms with Gasteiger partial charge in [0.2, 0.25) is 0 Å². The SMILES string of the molecule is CC#CCC(=O)COCCC. The van der Waals surface area contributed by atoms with Crippen molar-refractivity contribution in [2.24, 2.45) is 0 Å². The molecule has 0 aromatic carbocycles. The minimum absolute atomic E-state index is 0.0628. The van der Waals surface area contributed by atoms with Crippen LogP contribution in [0.25, 0.3) is 0 Å². The molecule has 62 valence electrons. The Kier molecular flexibility index (Phi) is 6.76. The molecule has 0 N–H and O–H groups in total. The maximum absolute atomic E-state index is 10.8. The number of hydrogen-bond donors (Lipinski definition) is 0. The molecule has 0 aromatic heterocycles. The Balaban J connectivity index is 3.27. The molecule has 0 spiro atoms. The Bertz CT molecular complexity index is 162. The number of ketones is 1. The first-order valence-electron chi connectivity index (χ1n) is 3.80. The van der Waals surface area contributed by atoms with E-state index in [1.54, 1.807) is 6.92 Å². The van der Waals surface area contributed by atoms with Gasteiger partial charge in [0.15, 0.2) is 5.78 Å². The van der Waals surface area contributed by atoms with Gasteiger partial charge in [-0.15, -0.1) is 5.92 Å². The van der Waals surface area contributed by atoms with Crippen molar-refractivity contribution in [3.05, 3.63) is 0 Å². The van der Waals surface area contributed by atoms with Crippen LogP contribution in [0.2, 0.25) is 0 Å². The molecule has 0 aliphatic rings. The van der Waals surface area contributed by atoms with Gasteiger partial charge >= 0.3 is 0 Å². The lowest BCUT2D eigenvalue weighted by Gasteiger charge is -1.97. The van der Waals surface area contributed by atoms with Crippen LogP contribution in [0.15, 0.2) is 0 Å². The van der Waals surface area contributed by atoms with Crippen molar-refractivity contribution in [2.75, 3.05) is 13.2 Å². The maximum Gasteiger partial charge on any atom is 0.170 e. The van der Waals surface area contributed by atoms with E-state index in [0.29, 0.717) is 13.0 Å². The van der Waals surface area contributed by atoms with Crippen molar-refractivity contribution >= 4 is 5.78 Å². The highest BCUT2D eigenvalue weighted by molar-refractivity contribution is 5.81. The highest BCUT2D eigenvalue weighted by atomic mass is 16.5. The summed E-state index contributed by atoms with van der Waals surface area (Å²) in [6, 6.07) is 0. The summed E-state index contributed by atoms with van der Waals surface area (Å²) in [5.74, 6) is 5.42. The molecule has 11 heavy (non-hydrogen) atoms. The molecule has 0 aliphatic carbocycles. The van der Waals surface area contributed by atoms with Crippen molar-refractivity contribution in [3.63, 3.8) is 0 Å². The number of carbonyl (C=O) groups is 1. The molecule has 0 amide bonds. The minimum Gasteiger partial charge on any atom is -0.374 e. The van der Waals surface area contributed by atoms with Crippen LogP contribution < -0.4 is 0 Å². The Hall–Kier alpha value is -0.810. The minimum atomic E-state index is 0.0628. The van der Waals surface area contributed by atoms with Crippen molar-refractivity contribution in [3.8, 4) is 11.8 Å². The van der Waals surface area contributed by atoms with Crippen LogP contribution >= 0.6 is 0 Å². The van der Waals surface area contributed by atoms with Gasteiger partial charge in [0.1, 0.15) is 6.61 Å². The largest absolute Gasteiger partial charge is 0.374 e. The first-order valence-corrected chi connectivity index (χ1v) is 3.80. The Labute approximate surface area is 67.9 Å². The van der Waals surface area contributed by atoms with Gasteiger partial charge < -0.3 is 4.74 Å². The third kappa shape index (κ3) is 7.08.